The van der Waals surface area contributed by atoms with Gasteiger partial charge in [-0.15, -0.1) is 0 Å². The second kappa shape index (κ2) is 11.1. The van der Waals surface area contributed by atoms with Crippen LogP contribution in [0, 0.1) is 25.0 Å². The number of anilines is 1. The van der Waals surface area contributed by atoms with Gasteiger partial charge in [-0.2, -0.15) is 5.26 Å². The van der Waals surface area contributed by atoms with Crippen LogP contribution in [0.5, 0.6) is 5.75 Å². The molecule has 0 unspecified atom stereocenters. The van der Waals surface area contributed by atoms with Crippen LogP contribution in [0.15, 0.2) is 66.2 Å². The van der Waals surface area contributed by atoms with Crippen LogP contribution in [0.25, 0.3) is 6.08 Å². The molecule has 0 atom stereocenters. The summed E-state index contributed by atoms with van der Waals surface area (Å²) in [5.41, 5.74) is 1.45. The molecule has 0 aliphatic heterocycles. The summed E-state index contributed by atoms with van der Waals surface area (Å²) in [6.07, 6.45) is 1.44. The Morgan fingerprint density at radius 3 is 2.64 bits per heavy atom. The molecule has 0 saturated heterocycles. The molecule has 0 spiro atoms. The zero-order valence-electron chi connectivity index (χ0n) is 16.7. The smallest absolute Gasteiger partial charge is 0.269 e. The average Bonchev–Trinajstić information content (AvgIpc) is 2.80. The molecule has 0 radical (unpaired) electrons. The van der Waals surface area contributed by atoms with Crippen molar-refractivity contribution in [2.75, 3.05) is 5.32 Å². The van der Waals surface area contributed by atoms with E-state index in [1.54, 1.807) is 48.5 Å². The first-order valence-electron chi connectivity index (χ1n) is 9.31. The number of nitro groups is 1. The van der Waals surface area contributed by atoms with Gasteiger partial charge in [0.2, 0.25) is 0 Å². The highest BCUT2D eigenvalue weighted by molar-refractivity contribution is 14.1. The van der Waals surface area contributed by atoms with Gasteiger partial charge in [0.25, 0.3) is 11.6 Å². The third-order valence-electron chi connectivity index (χ3n) is 4.35. The molecule has 166 valence electrons. The van der Waals surface area contributed by atoms with Crippen molar-refractivity contribution in [3.63, 3.8) is 0 Å². The summed E-state index contributed by atoms with van der Waals surface area (Å²) < 4.78 is 6.51. The summed E-state index contributed by atoms with van der Waals surface area (Å²) in [7, 11) is 0. The number of rotatable bonds is 7. The lowest BCUT2D eigenvalue weighted by molar-refractivity contribution is -0.384. The van der Waals surface area contributed by atoms with Gasteiger partial charge in [0.1, 0.15) is 24.0 Å². The predicted molar refractivity (Wildman–Crippen MR) is 135 cm³/mol. The van der Waals surface area contributed by atoms with E-state index in [1.807, 2.05) is 6.07 Å². The number of hydrogen-bond donors (Lipinski definition) is 1. The van der Waals surface area contributed by atoms with Crippen LogP contribution in [0.4, 0.5) is 11.4 Å². The molecule has 0 aliphatic rings. The number of nitrogens with one attached hydrogen (secondary N) is 1. The van der Waals surface area contributed by atoms with Crippen LogP contribution in [0.1, 0.15) is 11.1 Å². The fourth-order valence-electron chi connectivity index (χ4n) is 2.75. The standard InChI is InChI=1S/C23H14Cl2IN3O4/c24-18-5-2-6-20(22(18)25)28-23(30)16(12-27)9-14-7-8-21(19(26)11-14)33-13-15-3-1-4-17(10-15)29(31)32/h1-11H,13H2,(H,28,30)/b16-9-. The molecule has 0 aromatic heterocycles. The largest absolute Gasteiger partial charge is 0.488 e. The molecule has 3 aromatic rings. The minimum absolute atomic E-state index is 0.00680. The lowest BCUT2D eigenvalue weighted by atomic mass is 10.1. The maximum absolute atomic E-state index is 12.5. The summed E-state index contributed by atoms with van der Waals surface area (Å²) in [6.45, 7) is 0.152. The van der Waals surface area contributed by atoms with Crippen molar-refractivity contribution >= 4 is 69.2 Å². The summed E-state index contributed by atoms with van der Waals surface area (Å²) in [6, 6.07) is 18.0. The van der Waals surface area contributed by atoms with Crippen LogP contribution >= 0.6 is 45.8 Å². The van der Waals surface area contributed by atoms with Crippen molar-refractivity contribution in [3.8, 4) is 11.8 Å². The van der Waals surface area contributed by atoms with Crippen LogP contribution in [0.2, 0.25) is 10.0 Å². The third kappa shape index (κ3) is 6.44. The fourth-order valence-corrected chi connectivity index (χ4v) is 3.79. The zero-order valence-corrected chi connectivity index (χ0v) is 20.4. The van der Waals surface area contributed by atoms with E-state index in [-0.39, 0.29) is 27.9 Å². The Morgan fingerprint density at radius 1 is 1.18 bits per heavy atom. The van der Waals surface area contributed by atoms with Crippen molar-refractivity contribution in [1.82, 2.24) is 0 Å². The molecule has 0 saturated carbocycles. The molecule has 3 rings (SSSR count). The monoisotopic (exact) mass is 593 g/mol. The van der Waals surface area contributed by atoms with Crippen molar-refractivity contribution in [2.24, 2.45) is 0 Å². The van der Waals surface area contributed by atoms with E-state index in [0.29, 0.717) is 22.6 Å². The highest BCUT2D eigenvalue weighted by Gasteiger charge is 2.13. The molecule has 10 heteroatoms. The number of nitrogens with zero attached hydrogens (tertiary/aromatic N) is 2. The van der Waals surface area contributed by atoms with Crippen molar-refractivity contribution in [3.05, 3.63) is 101 Å². The van der Waals surface area contributed by atoms with Crippen LogP contribution in [-0.4, -0.2) is 10.8 Å². The number of benzene rings is 3. The van der Waals surface area contributed by atoms with Gasteiger partial charge in [-0.25, -0.2) is 0 Å². The van der Waals surface area contributed by atoms with E-state index in [0.717, 1.165) is 3.57 Å². The Kier molecular flexibility index (Phi) is 8.27. The van der Waals surface area contributed by atoms with Crippen LogP contribution < -0.4 is 10.1 Å². The lowest BCUT2D eigenvalue weighted by Crippen LogP contribution is -2.13. The molecule has 33 heavy (non-hydrogen) atoms. The Hall–Kier alpha value is -3.13. The van der Waals surface area contributed by atoms with Gasteiger partial charge in [0, 0.05) is 12.1 Å². The lowest BCUT2D eigenvalue weighted by Gasteiger charge is -2.10. The van der Waals surface area contributed by atoms with Gasteiger partial charge in [-0.1, -0.05) is 47.5 Å². The van der Waals surface area contributed by atoms with Crippen LogP contribution in [0.3, 0.4) is 0 Å². The quantitative estimate of drug-likeness (QED) is 0.109. The number of nitriles is 1. The molecule has 1 amide bonds. The Labute approximate surface area is 212 Å². The predicted octanol–water partition coefficient (Wildman–Crippen LogP) is 6.63. The van der Waals surface area contributed by atoms with E-state index in [4.69, 9.17) is 27.9 Å². The maximum Gasteiger partial charge on any atom is 0.269 e. The van der Waals surface area contributed by atoms with Gasteiger partial charge >= 0.3 is 0 Å². The first-order valence-corrected chi connectivity index (χ1v) is 11.1. The Balaban J connectivity index is 1.73. The van der Waals surface area contributed by atoms with Crippen LogP contribution in [-0.2, 0) is 11.4 Å². The molecule has 0 bridgehead atoms. The minimum atomic E-state index is -0.623. The zero-order chi connectivity index (χ0) is 24.0. The van der Waals surface area contributed by atoms with E-state index < -0.39 is 10.8 Å². The number of ether oxygens (including phenoxy) is 1. The van der Waals surface area contributed by atoms with E-state index in [9.17, 15) is 20.2 Å². The van der Waals surface area contributed by atoms with E-state index in [1.165, 1.54) is 18.2 Å². The van der Waals surface area contributed by atoms with Gasteiger partial charge in [-0.3, -0.25) is 14.9 Å². The topological polar surface area (TPSA) is 105 Å². The van der Waals surface area contributed by atoms with E-state index >= 15 is 0 Å². The number of non-ortho nitro benzene ring substituents is 1. The van der Waals surface area contributed by atoms with Gasteiger partial charge in [-0.05, 0) is 64.1 Å². The Bertz CT molecular complexity index is 1310. The first-order chi connectivity index (χ1) is 15.8. The Morgan fingerprint density at radius 2 is 1.94 bits per heavy atom. The highest BCUT2D eigenvalue weighted by Crippen LogP contribution is 2.30. The average molecular weight is 594 g/mol. The van der Waals surface area contributed by atoms with Crippen molar-refractivity contribution in [2.45, 2.75) is 6.61 Å². The second-order valence-electron chi connectivity index (χ2n) is 6.63. The van der Waals surface area contributed by atoms with E-state index in [2.05, 4.69) is 27.9 Å². The summed E-state index contributed by atoms with van der Waals surface area (Å²) in [4.78, 5) is 23.0. The molecule has 3 aromatic carbocycles. The molecule has 1 N–H and O–H groups in total. The number of carbonyl (C=O) groups excluding carboxylic acids is 1. The number of halogens is 3. The highest BCUT2D eigenvalue weighted by atomic mass is 127. The molecular weight excluding hydrogens is 580 g/mol. The molecule has 0 fully saturated rings. The van der Waals surface area contributed by atoms with Gasteiger partial charge in [0.05, 0.1) is 24.2 Å². The van der Waals surface area contributed by atoms with Gasteiger partial charge < -0.3 is 10.1 Å². The third-order valence-corrected chi connectivity index (χ3v) is 6.01. The fraction of sp³-hybridized carbons (Fsp3) is 0.0435. The summed E-state index contributed by atoms with van der Waals surface area (Å²) in [5.74, 6) is -0.0596. The second-order valence-corrected chi connectivity index (χ2v) is 8.58. The first kappa shape index (κ1) is 24.5. The molecular formula is C23H14Cl2IN3O4. The van der Waals surface area contributed by atoms with Crippen molar-refractivity contribution < 1.29 is 14.5 Å². The number of nitro benzene ring substituents is 1. The minimum Gasteiger partial charge on any atom is -0.488 e. The normalized spacial score (nSPS) is 10.9. The molecule has 0 aliphatic carbocycles. The summed E-state index contributed by atoms with van der Waals surface area (Å²) >= 11 is 14.1. The van der Waals surface area contributed by atoms with Crippen molar-refractivity contribution in [1.29, 1.82) is 5.26 Å². The number of carbonyl (C=O) groups is 1. The SMILES string of the molecule is N#C/C(=C/c1ccc(OCc2cccc([N+](=O)[O-])c2)c(I)c1)C(=O)Nc1cccc(Cl)c1Cl. The maximum atomic E-state index is 12.5. The number of amides is 1. The molecule has 0 heterocycles. The molecule has 7 nitrogen and oxygen atoms in total. The van der Waals surface area contributed by atoms with Gasteiger partial charge in [0.15, 0.2) is 0 Å². The summed E-state index contributed by atoms with van der Waals surface area (Å²) in [5, 5.41) is 23.4. The number of hydrogen-bond acceptors (Lipinski definition) is 5.